The minimum absolute atomic E-state index is 0. The van der Waals surface area contributed by atoms with Crippen LogP contribution in [0.4, 0.5) is 0 Å². The van der Waals surface area contributed by atoms with Gasteiger partial charge in [0.2, 0.25) is 0 Å². The van der Waals surface area contributed by atoms with Gasteiger partial charge >= 0.3 is 20.7 Å². The Balaban J connectivity index is -0.0000000267. The largest absolute Gasteiger partial charge is 0.394 e. The van der Waals surface area contributed by atoms with Crippen LogP contribution < -0.4 is 23.6 Å². The molecule has 14 N–H and O–H groups in total. The molecule has 0 aliphatic carbocycles. The molecule has 0 aliphatic heterocycles. The van der Waals surface area contributed by atoms with E-state index >= 15 is 0 Å². The molecule has 0 atom stereocenters. The van der Waals surface area contributed by atoms with Gasteiger partial charge in [0.05, 0.1) is 0 Å². The first-order valence-electron chi connectivity index (χ1n) is 1.45. The topological polar surface area (TPSA) is 260 Å². The first-order chi connectivity index (χ1) is 4.00. The highest BCUT2D eigenvalue weighted by Gasteiger charge is 1.84. The molecule has 0 fully saturated rings. The fraction of sp³-hybridized carbons (Fsp3) is 0. The predicted octanol–water partition coefficient (Wildman–Crippen LogP) is -1.42. The van der Waals surface area contributed by atoms with Gasteiger partial charge in [0.1, 0.15) is 0 Å². The van der Waals surface area contributed by atoms with Crippen LogP contribution >= 0.6 is 0 Å². The van der Waals surface area contributed by atoms with Gasteiger partial charge in [-0.2, -0.15) is 16.8 Å². The summed E-state index contributed by atoms with van der Waals surface area (Å²) < 4.78 is 56.8. The molecule has 0 aromatic rings. The molecule has 11 nitrogen and oxygen atoms in total. The van der Waals surface area contributed by atoms with Gasteiger partial charge < -0.3 is 18.5 Å². The zero-order valence-electron chi connectivity index (χ0n) is 6.49. The van der Waals surface area contributed by atoms with Crippen molar-refractivity contribution in [3.8, 4) is 0 Å². The minimum atomic E-state index is -4.67. The lowest BCUT2D eigenvalue weighted by molar-refractivity contribution is 0.381. The quantitative estimate of drug-likeness (QED) is 0.245. The summed E-state index contributed by atoms with van der Waals surface area (Å²) in [5.74, 6) is 0. The summed E-state index contributed by atoms with van der Waals surface area (Å²) >= 11 is 0. The Kier molecular flexibility index (Phi) is 21.9. The Morgan fingerprint density at radius 2 is 0.769 bits per heavy atom. The summed E-state index contributed by atoms with van der Waals surface area (Å²) in [6, 6.07) is 0. The molecule has 0 unspecified atom stereocenters. The summed E-state index contributed by atoms with van der Waals surface area (Å²) in [6.45, 7) is 0. The van der Waals surface area contributed by atoms with E-state index in [1.807, 2.05) is 0 Å². The molecule has 0 saturated carbocycles. The molecule has 0 saturated heterocycles. The number of hydrogen-bond donors (Lipinski definition) is 7. The maximum Gasteiger partial charge on any atom is 0.394 e. The lowest BCUT2D eigenvalue weighted by atomic mass is 13.9. The van der Waals surface area contributed by atoms with Gasteiger partial charge in [-0.3, -0.25) is 13.7 Å². The minimum Gasteiger partial charge on any atom is -0.344 e. The second kappa shape index (κ2) is 9.71. The molecular weight excluding hydrogens is 232 g/mol. The van der Waals surface area contributed by atoms with E-state index in [2.05, 4.69) is 5.14 Å². The van der Waals surface area contributed by atoms with Crippen LogP contribution in [-0.2, 0) is 20.7 Å². The molecule has 0 aliphatic rings. The van der Waals surface area contributed by atoms with Crippen LogP contribution in [0.15, 0.2) is 0 Å². The molecular formula is H14N4O7S2. The molecule has 0 amide bonds. The van der Waals surface area contributed by atoms with Crippen molar-refractivity contribution in [1.29, 1.82) is 0 Å². The molecule has 0 aromatic heterocycles. The fourth-order valence-corrected chi connectivity index (χ4v) is 0. The van der Waals surface area contributed by atoms with Crippen LogP contribution in [0.25, 0.3) is 0 Å². The molecule has 0 bridgehead atoms. The highest BCUT2D eigenvalue weighted by atomic mass is 32.3. The highest BCUT2D eigenvalue weighted by Crippen LogP contribution is 1.59. The third-order valence-corrected chi connectivity index (χ3v) is 0. The van der Waals surface area contributed by atoms with Crippen molar-refractivity contribution in [2.24, 2.45) is 5.14 Å². The van der Waals surface area contributed by atoms with Crippen molar-refractivity contribution in [3.63, 3.8) is 0 Å². The van der Waals surface area contributed by atoms with Crippen molar-refractivity contribution >= 4 is 20.7 Å². The van der Waals surface area contributed by atoms with Gasteiger partial charge in [-0.15, -0.1) is 0 Å². The molecule has 88 valence electrons. The monoisotopic (exact) mass is 246 g/mol. The first-order valence-corrected chi connectivity index (χ1v) is 4.35. The van der Waals surface area contributed by atoms with Crippen molar-refractivity contribution < 1.29 is 30.5 Å². The summed E-state index contributed by atoms with van der Waals surface area (Å²) in [5.41, 5.74) is 0. The van der Waals surface area contributed by atoms with E-state index in [9.17, 15) is 0 Å². The van der Waals surface area contributed by atoms with Crippen molar-refractivity contribution in [3.05, 3.63) is 0 Å². The molecule has 13 heavy (non-hydrogen) atoms. The van der Waals surface area contributed by atoms with Crippen molar-refractivity contribution in [2.45, 2.75) is 0 Å². The van der Waals surface area contributed by atoms with E-state index in [-0.39, 0.29) is 18.5 Å². The van der Waals surface area contributed by atoms with Crippen LogP contribution in [0.2, 0.25) is 0 Å². The summed E-state index contributed by atoms with van der Waals surface area (Å²) in [5, 5.41) is 3.88. The maximum atomic E-state index is 8.97. The van der Waals surface area contributed by atoms with Crippen LogP contribution in [0.1, 0.15) is 0 Å². The van der Waals surface area contributed by atoms with E-state index in [0.29, 0.717) is 0 Å². The first kappa shape index (κ1) is 29.3. The second-order valence-electron chi connectivity index (χ2n) is 0.963. The van der Waals surface area contributed by atoms with Crippen LogP contribution in [-0.4, -0.2) is 30.5 Å². The Bertz CT molecular complexity index is 215. The normalized spacial score (nSPS) is 8.92. The molecule has 13 heteroatoms. The third-order valence-electron chi connectivity index (χ3n) is 0. The Morgan fingerprint density at radius 1 is 0.769 bits per heavy atom. The fourth-order valence-electron chi connectivity index (χ4n) is 0. The van der Waals surface area contributed by atoms with Crippen LogP contribution in [0.5, 0.6) is 0 Å². The van der Waals surface area contributed by atoms with E-state index in [0.717, 1.165) is 0 Å². The zero-order valence-corrected chi connectivity index (χ0v) is 8.12. The van der Waals surface area contributed by atoms with E-state index in [1.54, 1.807) is 0 Å². The SMILES string of the molecule is N.N.N.NS(=O)(=O)O.O=S(=O)(O)O. The Hall–Kier alpha value is -0.380. The van der Waals surface area contributed by atoms with E-state index in [4.69, 9.17) is 30.5 Å². The van der Waals surface area contributed by atoms with Gasteiger partial charge in [-0.25, -0.2) is 5.14 Å². The predicted molar refractivity (Wildman–Crippen MR) is 45.0 cm³/mol. The van der Waals surface area contributed by atoms with Crippen LogP contribution in [0, 0.1) is 0 Å². The van der Waals surface area contributed by atoms with Gasteiger partial charge in [0.15, 0.2) is 0 Å². The van der Waals surface area contributed by atoms with E-state index in [1.165, 1.54) is 0 Å². The molecule has 0 aromatic carbocycles. The molecule has 0 rings (SSSR count). The van der Waals surface area contributed by atoms with Gasteiger partial charge in [0, 0.05) is 0 Å². The average molecular weight is 246 g/mol. The van der Waals surface area contributed by atoms with Gasteiger partial charge in [-0.1, -0.05) is 0 Å². The summed E-state index contributed by atoms with van der Waals surface area (Å²) in [7, 11) is -8.83. The Labute approximate surface area is 75.5 Å². The lowest BCUT2D eigenvalue weighted by Gasteiger charge is -1.70. The zero-order chi connectivity index (χ0) is 9.00. The summed E-state index contributed by atoms with van der Waals surface area (Å²) in [6.07, 6.45) is 0. The third kappa shape index (κ3) is 7450. The van der Waals surface area contributed by atoms with Gasteiger partial charge in [0.25, 0.3) is 0 Å². The van der Waals surface area contributed by atoms with E-state index < -0.39 is 20.7 Å². The molecule has 0 radical (unpaired) electrons. The van der Waals surface area contributed by atoms with Crippen molar-refractivity contribution in [1.82, 2.24) is 18.5 Å². The van der Waals surface area contributed by atoms with Crippen LogP contribution in [0.3, 0.4) is 0 Å². The highest BCUT2D eigenvalue weighted by molar-refractivity contribution is 7.83. The molecule has 0 spiro atoms. The average Bonchev–Trinajstić information content (AvgIpc) is 1.12. The van der Waals surface area contributed by atoms with Crippen molar-refractivity contribution in [2.75, 3.05) is 0 Å². The smallest absolute Gasteiger partial charge is 0.344 e. The standard InChI is InChI=1S/H3NO3S.3H3N.H2O4S/c1-5(2,3)4;;;;1-5(2,3)4/h(H3,1,2,3,4);3*1H3;(H2,1,2,3,4). The number of rotatable bonds is 0. The molecule has 0 heterocycles. The Morgan fingerprint density at radius 3 is 0.769 bits per heavy atom. The second-order valence-corrected chi connectivity index (χ2v) is 2.89. The lowest BCUT2D eigenvalue weighted by Crippen LogP contribution is -2.08. The number of hydrogen-bond acceptors (Lipinski definition) is 7. The maximum absolute atomic E-state index is 8.97. The summed E-state index contributed by atoms with van der Waals surface area (Å²) in [4.78, 5) is 0. The number of nitrogens with two attached hydrogens (primary N) is 1. The van der Waals surface area contributed by atoms with Gasteiger partial charge in [-0.05, 0) is 0 Å².